The van der Waals surface area contributed by atoms with Gasteiger partial charge in [-0.05, 0) is 24.1 Å². The number of rotatable bonds is 2. The average Bonchev–Trinajstić information content (AvgIpc) is 2.90. The average molecular weight is 429 g/mol. The maximum Gasteiger partial charge on any atom is 0.302 e. The number of aromatic hydroxyl groups is 1. The molecule has 1 fully saturated rings. The van der Waals surface area contributed by atoms with Gasteiger partial charge in [-0.2, -0.15) is 13.7 Å². The molecule has 1 aromatic heterocycles. The van der Waals surface area contributed by atoms with E-state index in [-0.39, 0.29) is 29.4 Å². The van der Waals surface area contributed by atoms with Crippen molar-refractivity contribution in [1.29, 1.82) is 5.26 Å². The lowest BCUT2D eigenvalue weighted by atomic mass is 9.93. The van der Waals surface area contributed by atoms with Crippen molar-refractivity contribution in [2.45, 2.75) is 12.5 Å². The number of nitrogens with two attached hydrogens (primary N) is 1. The zero-order valence-electron chi connectivity index (χ0n) is 16.0. The molecule has 4 N–H and O–H groups in total. The number of nitrogens with zero attached hydrogens (tertiary/aromatic N) is 4. The molecule has 30 heavy (non-hydrogen) atoms. The highest BCUT2D eigenvalue weighted by Gasteiger charge is 2.40. The van der Waals surface area contributed by atoms with Crippen molar-refractivity contribution in [3.05, 3.63) is 30.0 Å². The smallest absolute Gasteiger partial charge is 0.302 e. The molecule has 2 atom stereocenters. The number of nitriles is 1. The molecule has 2 aliphatic rings. The van der Waals surface area contributed by atoms with Gasteiger partial charge in [-0.3, -0.25) is 9.10 Å². The first-order valence-electron chi connectivity index (χ1n) is 9.14. The van der Waals surface area contributed by atoms with E-state index in [0.717, 1.165) is 4.31 Å². The van der Waals surface area contributed by atoms with Gasteiger partial charge in [-0.25, -0.2) is 4.98 Å². The number of hydrogen-bond donors (Lipinski definition) is 3. The summed E-state index contributed by atoms with van der Waals surface area (Å²) in [6, 6.07) is 6.64. The number of piperidine rings is 1. The van der Waals surface area contributed by atoms with Crippen molar-refractivity contribution in [1.82, 2.24) is 4.98 Å². The van der Waals surface area contributed by atoms with Crippen LogP contribution in [0.25, 0.3) is 11.1 Å². The number of aliphatic hydroxyl groups is 1. The fourth-order valence-corrected chi connectivity index (χ4v) is 4.96. The summed E-state index contributed by atoms with van der Waals surface area (Å²) >= 11 is 0. The van der Waals surface area contributed by atoms with E-state index < -0.39 is 27.2 Å². The molecular formula is C19H19N5O5S. The van der Waals surface area contributed by atoms with E-state index >= 15 is 0 Å². The minimum Gasteiger partial charge on any atom is -0.503 e. The van der Waals surface area contributed by atoms with Gasteiger partial charge in [0, 0.05) is 31.9 Å². The number of β-amino-alcohol motifs (C(OH)–C–C–N with tert-alkyl or cyclic N) is 1. The van der Waals surface area contributed by atoms with E-state index in [2.05, 4.69) is 11.1 Å². The molecule has 0 saturated carbocycles. The van der Waals surface area contributed by atoms with E-state index in [9.17, 15) is 23.4 Å². The molecule has 156 valence electrons. The highest BCUT2D eigenvalue weighted by molar-refractivity contribution is 8.08. The Bertz CT molecular complexity index is 1210. The Balaban J connectivity index is 1.83. The van der Waals surface area contributed by atoms with Crippen LogP contribution in [-0.2, 0) is 10.0 Å². The van der Waals surface area contributed by atoms with Gasteiger partial charge >= 0.3 is 10.0 Å². The lowest BCUT2D eigenvalue weighted by Gasteiger charge is -2.36. The number of benzene rings is 1. The lowest BCUT2D eigenvalue weighted by molar-refractivity contribution is 0.108. The largest absolute Gasteiger partial charge is 0.503 e. The van der Waals surface area contributed by atoms with Gasteiger partial charge in [-0.1, -0.05) is 6.07 Å². The summed E-state index contributed by atoms with van der Waals surface area (Å²) in [6.07, 6.45) is 0.905. The Morgan fingerprint density at radius 3 is 2.73 bits per heavy atom. The second-order valence-corrected chi connectivity index (χ2v) is 9.15. The van der Waals surface area contributed by atoms with Crippen LogP contribution in [-0.4, -0.2) is 55.0 Å². The maximum absolute atomic E-state index is 12.3. The maximum atomic E-state index is 12.3. The summed E-state index contributed by atoms with van der Waals surface area (Å²) in [5.74, 6) is -0.902. The van der Waals surface area contributed by atoms with Crippen LogP contribution in [0.2, 0.25) is 0 Å². The first-order valence-corrected chi connectivity index (χ1v) is 10.6. The molecule has 3 heterocycles. The standard InChI is InChI=1S/C19H19N5O5S/c1-23-14-3-2-10(6-12(14)19(27)30(23,28)29)13-8-22-18(21)17(26)16(13)24-5-4-11(7-20)15(25)9-24/h2-3,6,8,11,15,25-26H,4-5,9H2,1H3,(H2,21,22)/t11-,15+/m0/s1. The van der Waals surface area contributed by atoms with Gasteiger partial charge in [0.25, 0.3) is 5.12 Å². The first-order chi connectivity index (χ1) is 14.2. The number of sulfonamides is 1. The number of pyridine rings is 1. The van der Waals surface area contributed by atoms with Gasteiger partial charge in [0.15, 0.2) is 11.6 Å². The number of anilines is 3. The fourth-order valence-electron chi connectivity index (χ4n) is 3.86. The summed E-state index contributed by atoms with van der Waals surface area (Å²) in [5, 5.41) is 29.0. The van der Waals surface area contributed by atoms with Crippen LogP contribution in [0.3, 0.4) is 0 Å². The van der Waals surface area contributed by atoms with Crippen molar-refractivity contribution in [3.63, 3.8) is 0 Å². The number of fused-ring (bicyclic) bond motifs is 1. The van der Waals surface area contributed by atoms with Crippen LogP contribution < -0.4 is 14.9 Å². The van der Waals surface area contributed by atoms with E-state index in [4.69, 9.17) is 11.0 Å². The van der Waals surface area contributed by atoms with E-state index in [1.165, 1.54) is 25.4 Å². The van der Waals surface area contributed by atoms with Crippen LogP contribution >= 0.6 is 0 Å². The zero-order valence-corrected chi connectivity index (χ0v) is 16.8. The predicted octanol–water partition coefficient (Wildman–Crippen LogP) is 0.667. The normalized spacial score (nSPS) is 22.6. The third-order valence-corrected chi connectivity index (χ3v) is 7.19. The Hall–Kier alpha value is -3.36. The second kappa shape index (κ2) is 6.86. The number of hydrogen-bond acceptors (Lipinski definition) is 9. The van der Waals surface area contributed by atoms with Crippen LogP contribution in [0.5, 0.6) is 5.75 Å². The van der Waals surface area contributed by atoms with Crippen LogP contribution in [0, 0.1) is 17.2 Å². The first kappa shape index (κ1) is 19.9. The summed E-state index contributed by atoms with van der Waals surface area (Å²) in [7, 11) is -2.78. The number of nitrogen functional groups attached to an aromatic ring is 1. The highest BCUT2D eigenvalue weighted by atomic mass is 32.2. The van der Waals surface area contributed by atoms with E-state index in [0.29, 0.717) is 29.8 Å². The Labute approximate surface area is 172 Å². The van der Waals surface area contributed by atoms with Crippen molar-refractivity contribution in [2.24, 2.45) is 5.92 Å². The number of aliphatic hydroxyl groups excluding tert-OH is 1. The number of carbonyl (C=O) groups excluding carboxylic acids is 1. The quantitative estimate of drug-likeness (QED) is 0.623. The lowest BCUT2D eigenvalue weighted by Crippen LogP contribution is -2.43. The molecule has 0 aliphatic carbocycles. The minimum atomic E-state index is -4.09. The monoisotopic (exact) mass is 429 g/mol. The molecular weight excluding hydrogens is 410 g/mol. The zero-order chi connectivity index (χ0) is 21.8. The molecule has 0 bridgehead atoms. The second-order valence-electron chi connectivity index (χ2n) is 7.28. The van der Waals surface area contributed by atoms with Gasteiger partial charge in [-0.15, -0.1) is 0 Å². The molecule has 1 aromatic carbocycles. The van der Waals surface area contributed by atoms with Crippen molar-refractivity contribution < 1.29 is 23.4 Å². The van der Waals surface area contributed by atoms with Gasteiger partial charge in [0.05, 0.1) is 35.0 Å². The van der Waals surface area contributed by atoms with Crippen LogP contribution in [0.15, 0.2) is 24.4 Å². The molecule has 2 aliphatic heterocycles. The van der Waals surface area contributed by atoms with Gasteiger partial charge in [0.1, 0.15) is 0 Å². The Morgan fingerprint density at radius 2 is 2.07 bits per heavy atom. The summed E-state index contributed by atoms with van der Waals surface area (Å²) in [5.41, 5.74) is 7.27. The van der Waals surface area contributed by atoms with Crippen molar-refractivity contribution >= 4 is 32.3 Å². The molecule has 11 heteroatoms. The van der Waals surface area contributed by atoms with E-state index in [1.54, 1.807) is 11.0 Å². The predicted molar refractivity (Wildman–Crippen MR) is 109 cm³/mol. The molecule has 0 spiro atoms. The Kier molecular flexibility index (Phi) is 4.56. The Morgan fingerprint density at radius 1 is 1.33 bits per heavy atom. The molecule has 0 unspecified atom stereocenters. The van der Waals surface area contributed by atoms with Crippen molar-refractivity contribution in [2.75, 3.05) is 35.1 Å². The third-order valence-electron chi connectivity index (χ3n) is 5.58. The molecule has 1 saturated heterocycles. The number of aromatic nitrogens is 1. The molecule has 0 amide bonds. The van der Waals surface area contributed by atoms with Crippen molar-refractivity contribution in [3.8, 4) is 22.9 Å². The summed E-state index contributed by atoms with van der Waals surface area (Å²) < 4.78 is 25.2. The van der Waals surface area contributed by atoms with E-state index in [1.807, 2.05) is 0 Å². The number of carbonyl (C=O) groups is 1. The fraction of sp³-hybridized carbons (Fsp3) is 0.316. The van der Waals surface area contributed by atoms with Crippen LogP contribution in [0.1, 0.15) is 16.8 Å². The van der Waals surface area contributed by atoms with Gasteiger partial charge < -0.3 is 20.8 Å². The molecule has 0 radical (unpaired) electrons. The molecule has 10 nitrogen and oxygen atoms in total. The summed E-state index contributed by atoms with van der Waals surface area (Å²) in [4.78, 5) is 18.0. The van der Waals surface area contributed by atoms with Crippen LogP contribution in [0.4, 0.5) is 17.2 Å². The SMILES string of the molecule is CN1c2ccc(-c3cnc(N)c(O)c3N3CC[C@@H](C#N)[C@H](O)C3)cc2C(=O)S1(=O)=O. The topological polar surface area (TPSA) is 161 Å². The highest BCUT2D eigenvalue weighted by Crippen LogP contribution is 2.44. The minimum absolute atomic E-state index is 0.0282. The molecule has 2 aromatic rings. The molecule has 4 rings (SSSR count). The summed E-state index contributed by atoms with van der Waals surface area (Å²) in [6.45, 7) is 0.490. The van der Waals surface area contributed by atoms with Gasteiger partial charge in [0.2, 0.25) is 0 Å². The third kappa shape index (κ3) is 2.84.